The van der Waals surface area contributed by atoms with Crippen LogP contribution in [0.3, 0.4) is 0 Å². The van der Waals surface area contributed by atoms with Gasteiger partial charge < -0.3 is 0 Å². The van der Waals surface area contributed by atoms with Gasteiger partial charge in [-0.3, -0.25) is 0 Å². The van der Waals surface area contributed by atoms with E-state index in [0.717, 1.165) is 16.6 Å². The number of pyridine rings is 1. The van der Waals surface area contributed by atoms with E-state index in [1.807, 2.05) is 12.1 Å². The molecule has 0 atom stereocenters. The molecule has 3 aromatic rings. The summed E-state index contributed by atoms with van der Waals surface area (Å²) in [5, 5.41) is 1.70. The molecule has 3 heteroatoms. The number of benzene rings is 1. The van der Waals surface area contributed by atoms with Crippen molar-refractivity contribution in [3.05, 3.63) is 53.2 Å². The maximum absolute atomic E-state index is 5.91. The predicted octanol–water partition coefficient (Wildman–Crippen LogP) is 5.18. The molecule has 0 saturated carbocycles. The quantitative estimate of drug-likeness (QED) is 0.586. The maximum atomic E-state index is 5.91. The minimum atomic E-state index is 0.553. The third-order valence-electron chi connectivity index (χ3n) is 3.00. The number of aryl methyl sites for hydroxylation is 1. The lowest BCUT2D eigenvalue weighted by Crippen LogP contribution is -1.78. The second-order valence-electron chi connectivity index (χ2n) is 4.19. The van der Waals surface area contributed by atoms with Gasteiger partial charge in [0.2, 0.25) is 0 Å². The molecule has 0 unspecified atom stereocenters. The maximum Gasteiger partial charge on any atom is 0.130 e. The fourth-order valence-corrected chi connectivity index (χ4v) is 3.18. The largest absolute Gasteiger partial charge is 0.225 e. The summed E-state index contributed by atoms with van der Waals surface area (Å²) in [6, 6.07) is 14.7. The van der Waals surface area contributed by atoms with Crippen molar-refractivity contribution < 1.29 is 0 Å². The number of hydrogen-bond acceptors (Lipinski definition) is 2. The Morgan fingerprint density at radius 2 is 1.89 bits per heavy atom. The highest BCUT2D eigenvalue weighted by Crippen LogP contribution is 2.33. The number of aromatic nitrogens is 1. The Labute approximate surface area is 115 Å². The molecule has 0 aliphatic carbocycles. The second kappa shape index (κ2) is 4.71. The summed E-state index contributed by atoms with van der Waals surface area (Å²) < 4.78 is 0. The Morgan fingerprint density at radius 1 is 1.11 bits per heavy atom. The molecule has 3 rings (SSSR count). The zero-order valence-electron chi connectivity index (χ0n) is 9.98. The van der Waals surface area contributed by atoms with E-state index < -0.39 is 0 Å². The number of fused-ring (bicyclic) bond motifs is 1. The van der Waals surface area contributed by atoms with E-state index in [0.29, 0.717) is 5.15 Å². The molecule has 0 radical (unpaired) electrons. The molecule has 0 amide bonds. The normalized spacial score (nSPS) is 11.0. The molecule has 2 heterocycles. The van der Waals surface area contributed by atoms with Gasteiger partial charge >= 0.3 is 0 Å². The van der Waals surface area contributed by atoms with Crippen molar-refractivity contribution in [1.82, 2.24) is 4.98 Å². The Morgan fingerprint density at radius 3 is 2.61 bits per heavy atom. The number of hydrogen-bond donors (Lipinski definition) is 0. The molecule has 0 aliphatic rings. The van der Waals surface area contributed by atoms with Gasteiger partial charge in [0.05, 0.1) is 0 Å². The first-order valence-electron chi connectivity index (χ1n) is 5.91. The minimum absolute atomic E-state index is 0.553. The highest BCUT2D eigenvalue weighted by Gasteiger charge is 2.05. The van der Waals surface area contributed by atoms with Crippen LogP contribution in [-0.2, 0) is 6.42 Å². The van der Waals surface area contributed by atoms with Crippen molar-refractivity contribution in [3.8, 4) is 10.4 Å². The first-order valence-corrected chi connectivity index (χ1v) is 7.11. The Balaban J connectivity index is 2.07. The lowest BCUT2D eigenvalue weighted by molar-refractivity contribution is 1.14. The van der Waals surface area contributed by atoms with Crippen LogP contribution in [0.2, 0.25) is 5.15 Å². The topological polar surface area (TPSA) is 12.9 Å². The van der Waals surface area contributed by atoms with Crippen LogP contribution >= 0.6 is 22.9 Å². The average Bonchev–Trinajstić information content (AvgIpc) is 2.81. The zero-order chi connectivity index (χ0) is 12.5. The summed E-state index contributed by atoms with van der Waals surface area (Å²) in [5.41, 5.74) is 2.60. The predicted molar refractivity (Wildman–Crippen MR) is 79.4 cm³/mol. The van der Waals surface area contributed by atoms with E-state index >= 15 is 0 Å². The first kappa shape index (κ1) is 11.7. The molecule has 90 valence electrons. The monoisotopic (exact) mass is 273 g/mol. The molecule has 0 fully saturated rings. The van der Waals surface area contributed by atoms with E-state index in [4.69, 9.17) is 11.6 Å². The van der Waals surface area contributed by atoms with Gasteiger partial charge in [0, 0.05) is 10.3 Å². The van der Waals surface area contributed by atoms with Crippen LogP contribution in [0.4, 0.5) is 0 Å². The third kappa shape index (κ3) is 2.14. The van der Waals surface area contributed by atoms with E-state index in [9.17, 15) is 0 Å². The fraction of sp³-hybridized carbons (Fsp3) is 0.133. The van der Waals surface area contributed by atoms with Crippen molar-refractivity contribution in [1.29, 1.82) is 0 Å². The molecule has 0 saturated heterocycles. The lowest BCUT2D eigenvalue weighted by atomic mass is 10.1. The molecular formula is C15H12ClNS. The van der Waals surface area contributed by atoms with E-state index in [1.165, 1.54) is 16.0 Å². The van der Waals surface area contributed by atoms with E-state index in [1.54, 1.807) is 11.3 Å². The second-order valence-corrected chi connectivity index (χ2v) is 5.61. The molecule has 2 aromatic heterocycles. The molecule has 0 spiro atoms. The van der Waals surface area contributed by atoms with Gasteiger partial charge in [0.1, 0.15) is 9.98 Å². The van der Waals surface area contributed by atoms with Crippen molar-refractivity contribution in [2.45, 2.75) is 13.3 Å². The summed E-state index contributed by atoms with van der Waals surface area (Å²) in [4.78, 5) is 6.58. The van der Waals surface area contributed by atoms with Gasteiger partial charge in [0.15, 0.2) is 0 Å². The summed E-state index contributed by atoms with van der Waals surface area (Å²) in [6.45, 7) is 2.17. The number of rotatable bonds is 2. The molecule has 18 heavy (non-hydrogen) atoms. The van der Waals surface area contributed by atoms with Gasteiger partial charge in [-0.1, -0.05) is 42.8 Å². The van der Waals surface area contributed by atoms with Gasteiger partial charge in [-0.15, -0.1) is 11.3 Å². The zero-order valence-corrected chi connectivity index (χ0v) is 11.6. The van der Waals surface area contributed by atoms with Gasteiger partial charge in [-0.2, -0.15) is 0 Å². The molecule has 0 bridgehead atoms. The average molecular weight is 274 g/mol. The van der Waals surface area contributed by atoms with Crippen molar-refractivity contribution >= 4 is 33.2 Å². The highest BCUT2D eigenvalue weighted by atomic mass is 35.5. The van der Waals surface area contributed by atoms with Gasteiger partial charge in [-0.25, -0.2) is 4.98 Å². The summed E-state index contributed by atoms with van der Waals surface area (Å²) in [7, 11) is 0. The third-order valence-corrected chi connectivity index (χ3v) is 4.30. The van der Waals surface area contributed by atoms with Crippen LogP contribution in [0.15, 0.2) is 42.5 Å². The van der Waals surface area contributed by atoms with Crippen molar-refractivity contribution in [3.63, 3.8) is 0 Å². The summed E-state index contributed by atoms with van der Waals surface area (Å²) in [5.74, 6) is 0. The fourth-order valence-electron chi connectivity index (χ4n) is 1.94. The standard InChI is InChI=1S/C15H12ClNS/c1-2-10-3-5-11(6-4-10)13-9-12-7-8-14(16)17-15(12)18-13/h3-9H,2H2,1H3. The molecule has 0 N–H and O–H groups in total. The number of nitrogens with zero attached hydrogens (tertiary/aromatic N) is 1. The van der Waals surface area contributed by atoms with Crippen molar-refractivity contribution in [2.75, 3.05) is 0 Å². The number of thiophene rings is 1. The van der Waals surface area contributed by atoms with Crippen LogP contribution in [0.1, 0.15) is 12.5 Å². The Bertz CT molecular complexity index is 685. The molecule has 1 aromatic carbocycles. The van der Waals surface area contributed by atoms with E-state index in [-0.39, 0.29) is 0 Å². The smallest absolute Gasteiger partial charge is 0.130 e. The van der Waals surface area contributed by atoms with Gasteiger partial charge in [0.25, 0.3) is 0 Å². The van der Waals surface area contributed by atoms with Crippen LogP contribution in [-0.4, -0.2) is 4.98 Å². The molecular weight excluding hydrogens is 262 g/mol. The SMILES string of the molecule is CCc1ccc(-c2cc3ccc(Cl)nc3s2)cc1. The van der Waals surface area contributed by atoms with Crippen LogP contribution < -0.4 is 0 Å². The number of halogens is 1. The Kier molecular flexibility index (Phi) is 3.06. The highest BCUT2D eigenvalue weighted by molar-refractivity contribution is 7.21. The van der Waals surface area contributed by atoms with Gasteiger partial charge in [-0.05, 0) is 35.7 Å². The van der Waals surface area contributed by atoms with Crippen LogP contribution in [0.5, 0.6) is 0 Å². The van der Waals surface area contributed by atoms with Crippen molar-refractivity contribution in [2.24, 2.45) is 0 Å². The first-order chi connectivity index (χ1) is 8.76. The molecule has 1 nitrogen and oxygen atoms in total. The Hall–Kier alpha value is -1.38. The van der Waals surface area contributed by atoms with Crippen LogP contribution in [0.25, 0.3) is 20.7 Å². The summed E-state index contributed by atoms with van der Waals surface area (Å²) >= 11 is 7.59. The van der Waals surface area contributed by atoms with E-state index in [2.05, 4.69) is 42.2 Å². The minimum Gasteiger partial charge on any atom is -0.225 e. The molecule has 0 aliphatic heterocycles. The summed E-state index contributed by atoms with van der Waals surface area (Å²) in [6.07, 6.45) is 1.07. The lowest BCUT2D eigenvalue weighted by Gasteiger charge is -1.99. The van der Waals surface area contributed by atoms with Crippen LogP contribution in [0, 0.1) is 0 Å².